The Morgan fingerprint density at radius 2 is 1.94 bits per heavy atom. The van der Waals surface area contributed by atoms with Crippen LogP contribution >= 0.6 is 11.6 Å². The van der Waals surface area contributed by atoms with Crippen LogP contribution in [0.15, 0.2) is 36.8 Å². The fourth-order valence-corrected chi connectivity index (χ4v) is 4.48. The standard InChI is InChI=1S/C22H23ClN8O/c1-13-26-19(28-20(27-13)31-17(14-2-3-14)10-24-21(31)32)29-22(8-9-22)18-11-30(12-25-18)16-6-4-15(23)5-7-16/h4-7,11-12,14,17H,2-3,8-10H2,1H3,(H,24,32)(H,26,27,28,29). The lowest BCUT2D eigenvalue weighted by Gasteiger charge is -2.22. The molecule has 0 bridgehead atoms. The lowest BCUT2D eigenvalue weighted by molar-refractivity contribution is 0.251. The molecule has 3 fully saturated rings. The van der Waals surface area contributed by atoms with Crippen LogP contribution in [0.4, 0.5) is 16.7 Å². The highest BCUT2D eigenvalue weighted by molar-refractivity contribution is 6.30. The second-order valence-corrected chi connectivity index (χ2v) is 9.25. The summed E-state index contributed by atoms with van der Waals surface area (Å²) in [5.74, 6) is 1.98. The van der Waals surface area contributed by atoms with Gasteiger partial charge in [-0.1, -0.05) is 11.6 Å². The van der Waals surface area contributed by atoms with Gasteiger partial charge in [-0.3, -0.25) is 4.90 Å². The van der Waals surface area contributed by atoms with E-state index in [1.54, 1.807) is 11.2 Å². The number of carbonyl (C=O) groups excluding carboxylic acids is 1. The number of imidazole rings is 1. The van der Waals surface area contributed by atoms with E-state index in [4.69, 9.17) is 11.6 Å². The first-order valence-corrected chi connectivity index (χ1v) is 11.3. The number of hydrogen-bond acceptors (Lipinski definition) is 6. The molecule has 3 aromatic rings. The molecule has 0 radical (unpaired) electrons. The first-order valence-electron chi connectivity index (χ1n) is 10.9. The predicted octanol–water partition coefficient (Wildman–Crippen LogP) is 3.43. The first-order chi connectivity index (χ1) is 15.5. The second-order valence-electron chi connectivity index (χ2n) is 8.82. The number of aromatic nitrogens is 5. The third-order valence-electron chi connectivity index (χ3n) is 6.43. The lowest BCUT2D eigenvalue weighted by Crippen LogP contribution is -2.37. The molecule has 9 nitrogen and oxygen atoms in total. The zero-order valence-corrected chi connectivity index (χ0v) is 18.4. The molecule has 1 aromatic carbocycles. The van der Waals surface area contributed by atoms with Gasteiger partial charge in [-0.05, 0) is 62.8 Å². The molecular formula is C22H23ClN8O. The number of aryl methyl sites for hydroxylation is 1. The van der Waals surface area contributed by atoms with E-state index in [0.29, 0.717) is 35.2 Å². The van der Waals surface area contributed by atoms with Crippen molar-refractivity contribution in [1.29, 1.82) is 0 Å². The highest BCUT2D eigenvalue weighted by Crippen LogP contribution is 2.47. The fourth-order valence-electron chi connectivity index (χ4n) is 4.36. The number of urea groups is 1. The number of anilines is 2. The molecule has 10 heteroatoms. The quantitative estimate of drug-likeness (QED) is 0.596. The van der Waals surface area contributed by atoms with Gasteiger partial charge in [-0.2, -0.15) is 15.0 Å². The van der Waals surface area contributed by atoms with Gasteiger partial charge in [-0.15, -0.1) is 0 Å². The Morgan fingerprint density at radius 1 is 1.16 bits per heavy atom. The molecule has 6 rings (SSSR count). The summed E-state index contributed by atoms with van der Waals surface area (Å²) in [5, 5.41) is 7.11. The van der Waals surface area contributed by atoms with Crippen molar-refractivity contribution in [1.82, 2.24) is 29.8 Å². The first kappa shape index (κ1) is 19.5. The van der Waals surface area contributed by atoms with Gasteiger partial charge < -0.3 is 15.2 Å². The van der Waals surface area contributed by atoms with E-state index in [9.17, 15) is 4.79 Å². The van der Waals surface area contributed by atoms with Gasteiger partial charge in [0.25, 0.3) is 0 Å². The van der Waals surface area contributed by atoms with Crippen molar-refractivity contribution >= 4 is 29.5 Å². The molecule has 2 aromatic heterocycles. The third kappa shape index (κ3) is 3.46. The van der Waals surface area contributed by atoms with Gasteiger partial charge in [-0.25, -0.2) is 9.78 Å². The molecule has 2 N–H and O–H groups in total. The maximum Gasteiger partial charge on any atom is 0.324 e. The number of carbonyl (C=O) groups is 1. The molecule has 1 atom stereocenters. The molecule has 3 aliphatic rings. The summed E-state index contributed by atoms with van der Waals surface area (Å²) in [6.07, 6.45) is 7.98. The van der Waals surface area contributed by atoms with E-state index in [-0.39, 0.29) is 17.6 Å². The molecule has 2 amide bonds. The average Bonchev–Trinajstić information content (AvgIpc) is 3.67. The van der Waals surface area contributed by atoms with Gasteiger partial charge >= 0.3 is 6.03 Å². The second kappa shape index (κ2) is 7.16. The van der Waals surface area contributed by atoms with Crippen molar-refractivity contribution in [3.05, 3.63) is 53.3 Å². The van der Waals surface area contributed by atoms with E-state index in [1.807, 2.05) is 42.0 Å². The number of nitrogens with zero attached hydrogens (tertiary/aromatic N) is 6. The van der Waals surface area contributed by atoms with E-state index >= 15 is 0 Å². The Bertz CT molecular complexity index is 1180. The largest absolute Gasteiger partial charge is 0.343 e. The topological polar surface area (TPSA) is 101 Å². The number of hydrogen-bond donors (Lipinski definition) is 2. The molecule has 164 valence electrons. The normalized spacial score (nSPS) is 21.5. The van der Waals surface area contributed by atoms with Crippen molar-refractivity contribution < 1.29 is 4.79 Å². The van der Waals surface area contributed by atoms with Crippen LogP contribution in [-0.4, -0.2) is 43.1 Å². The number of nitrogens with one attached hydrogen (secondary N) is 2. The van der Waals surface area contributed by atoms with Crippen LogP contribution in [0.25, 0.3) is 5.69 Å². The van der Waals surface area contributed by atoms with E-state index in [2.05, 4.69) is 30.6 Å². The summed E-state index contributed by atoms with van der Waals surface area (Å²) in [6.45, 7) is 2.47. The lowest BCUT2D eigenvalue weighted by atomic mass is 10.2. The summed E-state index contributed by atoms with van der Waals surface area (Å²) in [7, 11) is 0. The number of halogens is 1. The molecule has 1 unspecified atom stereocenters. The molecule has 1 aliphatic heterocycles. The molecule has 1 saturated heterocycles. The Kier molecular flexibility index (Phi) is 4.36. The summed E-state index contributed by atoms with van der Waals surface area (Å²) in [5.41, 5.74) is 1.61. The van der Waals surface area contributed by atoms with E-state index in [1.165, 1.54) is 0 Å². The zero-order valence-electron chi connectivity index (χ0n) is 17.6. The molecular weight excluding hydrogens is 428 g/mol. The van der Waals surface area contributed by atoms with Gasteiger partial charge in [0.2, 0.25) is 11.9 Å². The number of benzene rings is 1. The van der Waals surface area contributed by atoms with Crippen LogP contribution in [0.5, 0.6) is 0 Å². The summed E-state index contributed by atoms with van der Waals surface area (Å²) in [4.78, 5) is 32.4. The van der Waals surface area contributed by atoms with Crippen LogP contribution in [0.1, 0.15) is 37.2 Å². The molecule has 2 saturated carbocycles. The van der Waals surface area contributed by atoms with E-state index in [0.717, 1.165) is 37.1 Å². The highest BCUT2D eigenvalue weighted by Gasteiger charge is 2.48. The smallest absolute Gasteiger partial charge is 0.324 e. The summed E-state index contributed by atoms with van der Waals surface area (Å²) < 4.78 is 1.98. The zero-order chi connectivity index (χ0) is 21.9. The summed E-state index contributed by atoms with van der Waals surface area (Å²) >= 11 is 6.01. The number of rotatable bonds is 6. The van der Waals surface area contributed by atoms with Gasteiger partial charge in [0, 0.05) is 23.5 Å². The SMILES string of the molecule is Cc1nc(NC2(c3cn(-c4ccc(Cl)cc4)cn3)CC2)nc(N2C(=O)NCC2C2CC2)n1. The van der Waals surface area contributed by atoms with E-state index < -0.39 is 0 Å². The Hall–Kier alpha value is -3.20. The van der Waals surface area contributed by atoms with Gasteiger partial charge in [0.05, 0.1) is 23.6 Å². The van der Waals surface area contributed by atoms with Crippen molar-refractivity contribution in [3.63, 3.8) is 0 Å². The Balaban J connectivity index is 1.27. The Morgan fingerprint density at radius 3 is 2.66 bits per heavy atom. The molecule has 3 heterocycles. The van der Waals surface area contributed by atoms with Crippen LogP contribution in [0.3, 0.4) is 0 Å². The minimum Gasteiger partial charge on any atom is -0.343 e. The van der Waals surface area contributed by atoms with Crippen molar-refractivity contribution in [2.24, 2.45) is 5.92 Å². The van der Waals surface area contributed by atoms with Crippen LogP contribution < -0.4 is 15.5 Å². The highest BCUT2D eigenvalue weighted by atomic mass is 35.5. The minimum atomic E-state index is -0.314. The molecule has 2 aliphatic carbocycles. The average molecular weight is 451 g/mol. The van der Waals surface area contributed by atoms with Crippen LogP contribution in [-0.2, 0) is 5.54 Å². The van der Waals surface area contributed by atoms with Gasteiger partial charge in [0.15, 0.2) is 0 Å². The summed E-state index contributed by atoms with van der Waals surface area (Å²) in [6, 6.07) is 7.61. The van der Waals surface area contributed by atoms with Gasteiger partial charge in [0.1, 0.15) is 5.82 Å². The molecule has 32 heavy (non-hydrogen) atoms. The maximum atomic E-state index is 12.5. The monoisotopic (exact) mass is 450 g/mol. The van der Waals surface area contributed by atoms with Crippen LogP contribution in [0.2, 0.25) is 5.02 Å². The minimum absolute atomic E-state index is 0.113. The Labute approximate surface area is 190 Å². The number of amides is 2. The van der Waals surface area contributed by atoms with Crippen molar-refractivity contribution in [2.45, 2.75) is 44.2 Å². The maximum absolute atomic E-state index is 12.5. The fraction of sp³-hybridized carbons (Fsp3) is 0.409. The van der Waals surface area contributed by atoms with Crippen LogP contribution in [0, 0.1) is 12.8 Å². The van der Waals surface area contributed by atoms with Crippen molar-refractivity contribution in [2.75, 3.05) is 16.8 Å². The third-order valence-corrected chi connectivity index (χ3v) is 6.68. The predicted molar refractivity (Wildman–Crippen MR) is 120 cm³/mol. The molecule has 0 spiro atoms. The van der Waals surface area contributed by atoms with Crippen molar-refractivity contribution in [3.8, 4) is 5.69 Å².